The number of esters is 1. The molecule has 4 unspecified atom stereocenters. The molecule has 0 aromatic heterocycles. The van der Waals surface area contributed by atoms with Gasteiger partial charge in [0.25, 0.3) is 0 Å². The Bertz CT molecular complexity index is 1080. The number of hydrogen-bond acceptors (Lipinski definition) is 6. The van der Waals surface area contributed by atoms with Gasteiger partial charge < -0.3 is 19.3 Å². The van der Waals surface area contributed by atoms with E-state index < -0.39 is 42.0 Å². The lowest BCUT2D eigenvalue weighted by Gasteiger charge is -2.32. The topological polar surface area (TPSA) is 102 Å². The number of benzene rings is 2. The van der Waals surface area contributed by atoms with Crippen LogP contribution in [-0.2, 0) is 32.0 Å². The number of carbonyl (C=O) groups is 3. The molecule has 0 bridgehead atoms. The summed E-state index contributed by atoms with van der Waals surface area (Å²) in [7, 11) is 0. The number of carboxylic acid groups (broad SMARTS) is 1. The summed E-state index contributed by atoms with van der Waals surface area (Å²) in [6.07, 6.45) is -1.75. The Morgan fingerprint density at radius 1 is 1.03 bits per heavy atom. The minimum Gasteiger partial charge on any atom is -0.464 e. The highest BCUT2D eigenvalue weighted by molar-refractivity contribution is 5.93. The second-order valence-electron chi connectivity index (χ2n) is 10.9. The van der Waals surface area contributed by atoms with Gasteiger partial charge in [0.15, 0.2) is 0 Å². The molecule has 3 rings (SSSR count). The molecule has 1 aliphatic heterocycles. The van der Waals surface area contributed by atoms with Gasteiger partial charge in [0.1, 0.15) is 17.7 Å². The maximum atomic E-state index is 13.3. The van der Waals surface area contributed by atoms with Gasteiger partial charge in [0, 0.05) is 0 Å². The third-order valence-electron chi connectivity index (χ3n) is 6.57. The van der Waals surface area contributed by atoms with E-state index >= 15 is 0 Å². The number of amides is 2. The van der Waals surface area contributed by atoms with E-state index in [0.717, 1.165) is 11.1 Å². The molecule has 4 atom stereocenters. The summed E-state index contributed by atoms with van der Waals surface area (Å²) >= 11 is 0. The summed E-state index contributed by atoms with van der Waals surface area (Å²) in [6.45, 7) is 9.06. The van der Waals surface area contributed by atoms with Crippen molar-refractivity contribution in [3.63, 3.8) is 0 Å². The lowest BCUT2D eigenvalue weighted by molar-refractivity contribution is -0.164. The SMILES string of the molecule is Cc1ccc(CC2CCCC(N(C(=O)O)C(=O)OC(C)(C)C)C(=O)OC(C)C2OCc2ccccc2)cc1. The number of rotatable bonds is 6. The highest BCUT2D eigenvalue weighted by atomic mass is 16.6. The quantitative estimate of drug-likeness (QED) is 0.452. The van der Waals surface area contributed by atoms with Crippen molar-refractivity contribution in [3.8, 4) is 0 Å². The number of aryl methyl sites for hydroxylation is 1. The number of cyclic esters (lactones) is 1. The van der Waals surface area contributed by atoms with E-state index in [2.05, 4.69) is 24.3 Å². The number of ether oxygens (including phenoxy) is 3. The molecular weight excluding hydrogens is 486 g/mol. The summed E-state index contributed by atoms with van der Waals surface area (Å²) in [4.78, 5) is 38.6. The zero-order valence-electron chi connectivity index (χ0n) is 22.9. The number of carbonyl (C=O) groups excluding carboxylic acids is 2. The molecule has 0 saturated carbocycles. The molecule has 0 aliphatic carbocycles. The van der Waals surface area contributed by atoms with Gasteiger partial charge >= 0.3 is 18.2 Å². The van der Waals surface area contributed by atoms with Gasteiger partial charge in [-0.3, -0.25) is 0 Å². The normalized spacial score (nSPS) is 22.4. The lowest BCUT2D eigenvalue weighted by Crippen LogP contribution is -2.51. The molecule has 0 radical (unpaired) electrons. The zero-order valence-corrected chi connectivity index (χ0v) is 22.9. The minimum atomic E-state index is -1.55. The maximum absolute atomic E-state index is 13.3. The molecule has 8 nitrogen and oxygen atoms in total. The molecule has 206 valence electrons. The van der Waals surface area contributed by atoms with Gasteiger partial charge in [-0.15, -0.1) is 0 Å². The first-order valence-electron chi connectivity index (χ1n) is 13.1. The molecule has 1 N–H and O–H groups in total. The zero-order chi connectivity index (χ0) is 27.9. The number of hydrogen-bond donors (Lipinski definition) is 1. The standard InChI is InChI=1S/C30H39NO7/c1-20-14-16-22(17-15-20)18-24-12-9-13-25(31(28(33)34)29(35)38-30(3,4)5)27(32)37-21(2)26(24)36-19-23-10-7-6-8-11-23/h6-8,10-11,14-17,21,24-26H,9,12-13,18-19H2,1-5H3,(H,33,34). The first kappa shape index (κ1) is 29.2. The van der Waals surface area contributed by atoms with Gasteiger partial charge in [-0.05, 0) is 70.9 Å². The molecule has 2 aromatic rings. The third kappa shape index (κ3) is 8.31. The average molecular weight is 526 g/mol. The van der Waals surface area contributed by atoms with Gasteiger partial charge in [-0.2, -0.15) is 4.90 Å². The van der Waals surface area contributed by atoms with Crippen LogP contribution in [0.3, 0.4) is 0 Å². The first-order valence-corrected chi connectivity index (χ1v) is 13.1. The summed E-state index contributed by atoms with van der Waals surface area (Å²) < 4.78 is 17.5. The van der Waals surface area contributed by atoms with Crippen LogP contribution >= 0.6 is 0 Å². The molecule has 0 spiro atoms. The largest absolute Gasteiger partial charge is 0.464 e. The smallest absolute Gasteiger partial charge is 0.420 e. The van der Waals surface area contributed by atoms with Crippen molar-refractivity contribution in [2.75, 3.05) is 0 Å². The Morgan fingerprint density at radius 2 is 1.68 bits per heavy atom. The minimum absolute atomic E-state index is 0.00257. The van der Waals surface area contributed by atoms with Crippen LogP contribution in [0, 0.1) is 12.8 Å². The predicted octanol–water partition coefficient (Wildman–Crippen LogP) is 6.14. The van der Waals surface area contributed by atoms with E-state index in [0.29, 0.717) is 30.8 Å². The Kier molecular flexibility index (Phi) is 9.91. The average Bonchev–Trinajstić information content (AvgIpc) is 2.88. The number of nitrogens with zero attached hydrogens (tertiary/aromatic N) is 1. The molecule has 2 amide bonds. The van der Waals surface area contributed by atoms with Crippen molar-refractivity contribution in [1.29, 1.82) is 0 Å². The van der Waals surface area contributed by atoms with Gasteiger partial charge in [0.05, 0.1) is 12.7 Å². The molecule has 1 heterocycles. The molecule has 1 aliphatic rings. The van der Waals surface area contributed by atoms with Gasteiger partial charge in [0.2, 0.25) is 0 Å². The Balaban J connectivity index is 1.87. The van der Waals surface area contributed by atoms with Crippen molar-refractivity contribution in [1.82, 2.24) is 4.90 Å². The summed E-state index contributed by atoms with van der Waals surface area (Å²) in [5.74, 6) is -0.780. The summed E-state index contributed by atoms with van der Waals surface area (Å²) in [6, 6.07) is 16.8. The fourth-order valence-corrected chi connectivity index (χ4v) is 4.74. The van der Waals surface area contributed by atoms with Crippen molar-refractivity contribution in [2.45, 2.75) is 90.8 Å². The van der Waals surface area contributed by atoms with Gasteiger partial charge in [-0.25, -0.2) is 14.4 Å². The van der Waals surface area contributed by atoms with Crippen LogP contribution in [0.25, 0.3) is 0 Å². The summed E-state index contributed by atoms with van der Waals surface area (Å²) in [5.41, 5.74) is 2.39. The summed E-state index contributed by atoms with van der Waals surface area (Å²) in [5, 5.41) is 9.83. The second kappa shape index (κ2) is 12.9. The Hall–Kier alpha value is -3.39. The lowest BCUT2D eigenvalue weighted by atomic mass is 9.86. The molecule has 1 saturated heterocycles. The van der Waals surface area contributed by atoms with Crippen molar-refractivity contribution in [2.24, 2.45) is 5.92 Å². The van der Waals surface area contributed by atoms with E-state index in [1.54, 1.807) is 27.7 Å². The van der Waals surface area contributed by atoms with E-state index in [1.807, 2.05) is 37.3 Å². The van der Waals surface area contributed by atoms with E-state index in [1.165, 1.54) is 5.56 Å². The first-order chi connectivity index (χ1) is 17.9. The molecule has 8 heteroatoms. The van der Waals surface area contributed by atoms with E-state index in [9.17, 15) is 19.5 Å². The monoisotopic (exact) mass is 525 g/mol. The van der Waals surface area contributed by atoms with Crippen LogP contribution in [0.4, 0.5) is 9.59 Å². The molecule has 2 aromatic carbocycles. The van der Waals surface area contributed by atoms with Crippen LogP contribution in [0.15, 0.2) is 54.6 Å². The van der Waals surface area contributed by atoms with Crippen molar-refractivity contribution in [3.05, 3.63) is 71.3 Å². The predicted molar refractivity (Wildman–Crippen MR) is 143 cm³/mol. The van der Waals surface area contributed by atoms with Gasteiger partial charge in [-0.1, -0.05) is 66.6 Å². The van der Waals surface area contributed by atoms with Crippen LogP contribution in [-0.4, -0.2) is 52.0 Å². The number of imide groups is 1. The Labute approximate surface area is 224 Å². The maximum Gasteiger partial charge on any atom is 0.420 e. The van der Waals surface area contributed by atoms with Crippen molar-refractivity contribution >= 4 is 18.2 Å². The van der Waals surface area contributed by atoms with Crippen LogP contribution < -0.4 is 0 Å². The van der Waals surface area contributed by atoms with Crippen LogP contribution in [0.1, 0.15) is 63.6 Å². The molecule has 1 fully saturated rings. The third-order valence-corrected chi connectivity index (χ3v) is 6.57. The molecule has 38 heavy (non-hydrogen) atoms. The highest BCUT2D eigenvalue weighted by Gasteiger charge is 2.42. The van der Waals surface area contributed by atoms with Crippen molar-refractivity contribution < 1.29 is 33.7 Å². The van der Waals surface area contributed by atoms with E-state index in [-0.39, 0.29) is 12.3 Å². The van der Waals surface area contributed by atoms with Crippen LogP contribution in [0.5, 0.6) is 0 Å². The molecular formula is C30H39NO7. The van der Waals surface area contributed by atoms with Crippen LogP contribution in [0.2, 0.25) is 0 Å². The fourth-order valence-electron chi connectivity index (χ4n) is 4.74. The highest BCUT2D eigenvalue weighted by Crippen LogP contribution is 2.30. The second-order valence-corrected chi connectivity index (χ2v) is 10.9. The van der Waals surface area contributed by atoms with E-state index in [4.69, 9.17) is 14.2 Å². The fraction of sp³-hybridized carbons (Fsp3) is 0.500. The Morgan fingerprint density at radius 3 is 2.29 bits per heavy atom.